The topological polar surface area (TPSA) is 97.9 Å². The Morgan fingerprint density at radius 1 is 1.35 bits per heavy atom. The molecule has 138 valence electrons. The van der Waals surface area contributed by atoms with Gasteiger partial charge in [-0.15, -0.1) is 10.2 Å². The highest BCUT2D eigenvalue weighted by molar-refractivity contribution is 5.86. The first kappa shape index (κ1) is 16.7. The molecule has 2 amide bonds. The van der Waals surface area contributed by atoms with Gasteiger partial charge < -0.3 is 14.8 Å². The Balaban J connectivity index is 1.27. The van der Waals surface area contributed by atoms with E-state index in [1.54, 1.807) is 11.1 Å². The molecule has 2 aromatic heterocycles. The quantitative estimate of drug-likeness (QED) is 0.787. The highest BCUT2D eigenvalue weighted by Gasteiger charge is 2.35. The molecule has 2 aliphatic rings. The van der Waals surface area contributed by atoms with Crippen molar-refractivity contribution in [3.63, 3.8) is 0 Å². The van der Waals surface area contributed by atoms with E-state index in [-0.39, 0.29) is 24.4 Å². The molecule has 1 saturated carbocycles. The molecule has 26 heavy (non-hydrogen) atoms. The first-order valence-corrected chi connectivity index (χ1v) is 9.03. The normalized spacial score (nSPS) is 22.5. The second kappa shape index (κ2) is 6.89. The zero-order chi connectivity index (χ0) is 18.1. The summed E-state index contributed by atoms with van der Waals surface area (Å²) in [5.41, 5.74) is 0. The van der Waals surface area contributed by atoms with E-state index in [4.69, 9.17) is 0 Å². The van der Waals surface area contributed by atoms with Crippen LogP contribution in [0.3, 0.4) is 0 Å². The number of rotatable bonds is 6. The Bertz CT molecular complexity index is 792. The predicted molar refractivity (Wildman–Crippen MR) is 92.1 cm³/mol. The van der Waals surface area contributed by atoms with Crippen molar-refractivity contribution in [3.05, 3.63) is 30.1 Å². The van der Waals surface area contributed by atoms with Gasteiger partial charge in [0, 0.05) is 44.4 Å². The third-order valence-corrected chi connectivity index (χ3v) is 5.24. The standard InChI is InChI=1S/C17H23N7O2/c1-22-14(10-24-7-3-5-18-24)20-21-17(22)12-8-13(9-12)19-15(25)11-23-6-2-4-16(23)26/h3,5,7,12-13H,2,4,6,8-11H2,1H3,(H,19,25). The summed E-state index contributed by atoms with van der Waals surface area (Å²) in [4.78, 5) is 25.3. The monoisotopic (exact) mass is 357 g/mol. The molecule has 0 bridgehead atoms. The van der Waals surface area contributed by atoms with Gasteiger partial charge in [0.2, 0.25) is 11.8 Å². The Kier molecular flexibility index (Phi) is 4.44. The van der Waals surface area contributed by atoms with E-state index in [1.807, 2.05) is 28.6 Å². The summed E-state index contributed by atoms with van der Waals surface area (Å²) in [6, 6.07) is 2.03. The van der Waals surface area contributed by atoms with Gasteiger partial charge in [-0.3, -0.25) is 14.3 Å². The number of aromatic nitrogens is 5. The number of hydrogen-bond acceptors (Lipinski definition) is 5. The highest BCUT2D eigenvalue weighted by Crippen LogP contribution is 2.35. The average molecular weight is 357 g/mol. The number of nitrogens with one attached hydrogen (secondary N) is 1. The van der Waals surface area contributed by atoms with Gasteiger partial charge >= 0.3 is 0 Å². The average Bonchev–Trinajstić information content (AvgIpc) is 3.29. The van der Waals surface area contributed by atoms with Gasteiger partial charge in [0.1, 0.15) is 12.4 Å². The molecule has 1 aliphatic carbocycles. The van der Waals surface area contributed by atoms with Crippen LogP contribution >= 0.6 is 0 Å². The Morgan fingerprint density at radius 2 is 2.19 bits per heavy atom. The van der Waals surface area contributed by atoms with Gasteiger partial charge in [0.05, 0.1) is 6.54 Å². The van der Waals surface area contributed by atoms with Gasteiger partial charge in [0.15, 0.2) is 5.82 Å². The lowest BCUT2D eigenvalue weighted by molar-refractivity contribution is -0.133. The smallest absolute Gasteiger partial charge is 0.239 e. The fraction of sp³-hybridized carbons (Fsp3) is 0.588. The van der Waals surface area contributed by atoms with Gasteiger partial charge in [-0.2, -0.15) is 5.10 Å². The molecule has 2 fully saturated rings. The predicted octanol–water partition coefficient (Wildman–Crippen LogP) is 0.0445. The van der Waals surface area contributed by atoms with E-state index < -0.39 is 0 Å². The summed E-state index contributed by atoms with van der Waals surface area (Å²) in [6.07, 6.45) is 6.76. The maximum Gasteiger partial charge on any atom is 0.239 e. The van der Waals surface area contributed by atoms with Crippen molar-refractivity contribution in [2.75, 3.05) is 13.1 Å². The lowest BCUT2D eigenvalue weighted by Gasteiger charge is -2.35. The van der Waals surface area contributed by atoms with Crippen molar-refractivity contribution in [2.24, 2.45) is 7.05 Å². The van der Waals surface area contributed by atoms with Crippen LogP contribution in [0.5, 0.6) is 0 Å². The summed E-state index contributed by atoms with van der Waals surface area (Å²) >= 11 is 0. The van der Waals surface area contributed by atoms with E-state index in [9.17, 15) is 9.59 Å². The van der Waals surface area contributed by atoms with E-state index >= 15 is 0 Å². The highest BCUT2D eigenvalue weighted by atomic mass is 16.2. The number of hydrogen-bond donors (Lipinski definition) is 1. The molecule has 9 nitrogen and oxygen atoms in total. The zero-order valence-electron chi connectivity index (χ0n) is 14.8. The minimum Gasteiger partial charge on any atom is -0.352 e. The van der Waals surface area contributed by atoms with Crippen LogP contribution in [0.2, 0.25) is 0 Å². The minimum atomic E-state index is -0.0685. The third kappa shape index (κ3) is 3.33. The van der Waals surface area contributed by atoms with Crippen molar-refractivity contribution in [3.8, 4) is 0 Å². The molecule has 0 atom stereocenters. The van der Waals surface area contributed by atoms with E-state index in [0.29, 0.717) is 25.4 Å². The van der Waals surface area contributed by atoms with Crippen molar-refractivity contribution >= 4 is 11.8 Å². The minimum absolute atomic E-state index is 0.0685. The van der Waals surface area contributed by atoms with Crippen molar-refractivity contribution in [1.29, 1.82) is 0 Å². The third-order valence-electron chi connectivity index (χ3n) is 5.24. The van der Waals surface area contributed by atoms with Crippen molar-refractivity contribution in [2.45, 2.75) is 44.2 Å². The molecule has 1 N–H and O–H groups in total. The zero-order valence-corrected chi connectivity index (χ0v) is 14.8. The largest absolute Gasteiger partial charge is 0.352 e. The number of carbonyl (C=O) groups is 2. The molecule has 0 radical (unpaired) electrons. The lowest BCUT2D eigenvalue weighted by atomic mass is 9.79. The summed E-state index contributed by atoms with van der Waals surface area (Å²) in [5, 5.41) is 15.8. The molecule has 1 aliphatic heterocycles. The fourth-order valence-corrected chi connectivity index (χ4v) is 3.67. The molecule has 0 spiro atoms. The summed E-state index contributed by atoms with van der Waals surface area (Å²) < 4.78 is 3.84. The summed E-state index contributed by atoms with van der Waals surface area (Å²) in [6.45, 7) is 1.46. The molecule has 3 heterocycles. The first-order chi connectivity index (χ1) is 12.6. The molecule has 0 aromatic carbocycles. The number of likely N-dealkylation sites (tertiary alicyclic amines) is 1. The van der Waals surface area contributed by atoms with Crippen LogP contribution in [0.15, 0.2) is 18.5 Å². The van der Waals surface area contributed by atoms with Crippen LogP contribution in [-0.2, 0) is 23.2 Å². The van der Waals surface area contributed by atoms with Gasteiger partial charge in [0.25, 0.3) is 0 Å². The maximum absolute atomic E-state index is 12.1. The first-order valence-electron chi connectivity index (χ1n) is 9.03. The molecule has 2 aromatic rings. The molecular weight excluding hydrogens is 334 g/mol. The van der Waals surface area contributed by atoms with Crippen LogP contribution in [0, 0.1) is 0 Å². The molecule has 0 unspecified atom stereocenters. The molecule has 1 saturated heterocycles. The molecule has 4 rings (SSSR count). The molecule has 9 heteroatoms. The van der Waals surface area contributed by atoms with Crippen LogP contribution < -0.4 is 5.32 Å². The maximum atomic E-state index is 12.1. The summed E-state index contributed by atoms with van der Waals surface area (Å²) in [5.74, 6) is 2.13. The number of carbonyl (C=O) groups excluding carboxylic acids is 2. The van der Waals surface area contributed by atoms with E-state index in [2.05, 4.69) is 20.6 Å². The lowest BCUT2D eigenvalue weighted by Crippen LogP contribution is -2.47. The van der Waals surface area contributed by atoms with Crippen molar-refractivity contribution < 1.29 is 9.59 Å². The Labute approximate surface area is 151 Å². The Morgan fingerprint density at radius 3 is 2.88 bits per heavy atom. The van der Waals surface area contributed by atoms with E-state index in [1.165, 1.54) is 0 Å². The second-order valence-corrected chi connectivity index (χ2v) is 7.09. The van der Waals surface area contributed by atoms with Crippen LogP contribution in [0.1, 0.15) is 43.3 Å². The van der Waals surface area contributed by atoms with E-state index in [0.717, 1.165) is 30.9 Å². The van der Waals surface area contributed by atoms with Crippen LogP contribution in [0.4, 0.5) is 0 Å². The fourth-order valence-electron chi connectivity index (χ4n) is 3.67. The number of amides is 2. The van der Waals surface area contributed by atoms with Crippen LogP contribution in [0.25, 0.3) is 0 Å². The number of nitrogens with zero attached hydrogens (tertiary/aromatic N) is 6. The Hall–Kier alpha value is -2.71. The summed E-state index contributed by atoms with van der Waals surface area (Å²) in [7, 11) is 1.97. The van der Waals surface area contributed by atoms with Gasteiger partial charge in [-0.05, 0) is 25.3 Å². The molecular formula is C17H23N7O2. The second-order valence-electron chi connectivity index (χ2n) is 7.09. The van der Waals surface area contributed by atoms with Crippen LogP contribution in [-0.4, -0.2) is 60.4 Å². The SMILES string of the molecule is Cn1c(Cn2cccn2)nnc1C1CC(NC(=O)CN2CCCC2=O)C1. The van der Waals surface area contributed by atoms with Crippen molar-refractivity contribution in [1.82, 2.24) is 34.8 Å². The van der Waals surface area contributed by atoms with Gasteiger partial charge in [-0.1, -0.05) is 0 Å². The van der Waals surface area contributed by atoms with Gasteiger partial charge in [-0.25, -0.2) is 0 Å².